The van der Waals surface area contributed by atoms with Crippen LogP contribution in [-0.2, 0) is 37.9 Å². The van der Waals surface area contributed by atoms with E-state index in [1.54, 1.807) is 24.3 Å². The van der Waals surface area contributed by atoms with Crippen molar-refractivity contribution < 1.29 is 47.4 Å². The molecule has 0 atom stereocenters. The van der Waals surface area contributed by atoms with E-state index in [9.17, 15) is 4.79 Å². The van der Waals surface area contributed by atoms with Gasteiger partial charge in [-0.25, -0.2) is 0 Å². The Balaban J connectivity index is 1.67. The maximum Gasteiger partial charge on any atom is 0.150 e. The van der Waals surface area contributed by atoms with Gasteiger partial charge in [0.2, 0.25) is 0 Å². The van der Waals surface area contributed by atoms with Crippen LogP contribution in [0.3, 0.4) is 0 Å². The van der Waals surface area contributed by atoms with Crippen LogP contribution in [-0.4, -0.2) is 123 Å². The lowest BCUT2D eigenvalue weighted by Gasteiger charge is -2.09. The van der Waals surface area contributed by atoms with Crippen LogP contribution >= 0.6 is 22.6 Å². The number of ether oxygens (including phenoxy) is 9. The summed E-state index contributed by atoms with van der Waals surface area (Å²) in [6.45, 7) is 9.13. The van der Waals surface area contributed by atoms with Gasteiger partial charge in [0.05, 0.1) is 106 Å². The molecule has 208 valence electrons. The lowest BCUT2D eigenvalue weighted by atomic mass is 10.2. The van der Waals surface area contributed by atoms with E-state index in [0.29, 0.717) is 117 Å². The Kier molecular flexibility index (Phi) is 25.0. The van der Waals surface area contributed by atoms with Crippen LogP contribution in [0.5, 0.6) is 5.75 Å². The molecule has 0 aromatic heterocycles. The maximum atomic E-state index is 10.6. The fourth-order valence-electron chi connectivity index (χ4n) is 2.56. The molecule has 0 bridgehead atoms. The summed E-state index contributed by atoms with van der Waals surface area (Å²) in [5.41, 5.74) is 0.622. The summed E-state index contributed by atoms with van der Waals surface area (Å²) in [6, 6.07) is 6.94. The Morgan fingerprint density at radius 2 is 0.778 bits per heavy atom. The van der Waals surface area contributed by atoms with E-state index in [1.165, 1.54) is 0 Å². The maximum absolute atomic E-state index is 10.6. The topological polar surface area (TPSA) is 100 Å². The number of benzene rings is 1. The number of hydrogen-bond donors (Lipinski definition) is 0. The molecule has 0 heterocycles. The van der Waals surface area contributed by atoms with Gasteiger partial charge in [-0.2, -0.15) is 0 Å². The first-order valence-electron chi connectivity index (χ1n) is 12.2. The zero-order chi connectivity index (χ0) is 25.8. The first kappa shape index (κ1) is 33.1. The molecule has 0 amide bonds. The van der Waals surface area contributed by atoms with Crippen molar-refractivity contribution in [3.63, 3.8) is 0 Å². The zero-order valence-corrected chi connectivity index (χ0v) is 23.2. The summed E-state index contributed by atoms with van der Waals surface area (Å²) in [7, 11) is 0. The number of alkyl halides is 1. The molecule has 36 heavy (non-hydrogen) atoms. The first-order valence-corrected chi connectivity index (χ1v) is 13.8. The van der Waals surface area contributed by atoms with Crippen LogP contribution in [0.2, 0.25) is 0 Å². The van der Waals surface area contributed by atoms with Crippen LogP contribution in [0.25, 0.3) is 0 Å². The van der Waals surface area contributed by atoms with Gasteiger partial charge in [0.15, 0.2) is 0 Å². The summed E-state index contributed by atoms with van der Waals surface area (Å²) < 4.78 is 49.9. The molecule has 0 fully saturated rings. The van der Waals surface area contributed by atoms with Crippen LogP contribution in [0.15, 0.2) is 24.3 Å². The third-order valence-electron chi connectivity index (χ3n) is 4.34. The fourth-order valence-corrected chi connectivity index (χ4v) is 2.87. The second-order valence-electron chi connectivity index (χ2n) is 7.12. The minimum atomic E-state index is 0.438. The van der Waals surface area contributed by atoms with Crippen molar-refractivity contribution in [3.05, 3.63) is 29.8 Å². The van der Waals surface area contributed by atoms with Gasteiger partial charge in [-0.05, 0) is 24.3 Å². The first-order chi connectivity index (χ1) is 17.9. The molecule has 0 aliphatic carbocycles. The van der Waals surface area contributed by atoms with Gasteiger partial charge < -0.3 is 42.6 Å². The zero-order valence-electron chi connectivity index (χ0n) is 21.1. The lowest BCUT2D eigenvalue weighted by Crippen LogP contribution is -2.15. The molecule has 0 N–H and O–H groups in total. The molecule has 0 saturated heterocycles. The van der Waals surface area contributed by atoms with Crippen molar-refractivity contribution >= 4 is 28.9 Å². The van der Waals surface area contributed by atoms with Crippen molar-refractivity contribution in [3.8, 4) is 5.75 Å². The minimum absolute atomic E-state index is 0.438. The number of rotatable bonds is 28. The van der Waals surface area contributed by atoms with E-state index in [1.807, 2.05) is 0 Å². The highest BCUT2D eigenvalue weighted by molar-refractivity contribution is 14.1. The van der Waals surface area contributed by atoms with E-state index in [2.05, 4.69) is 22.6 Å². The quantitative estimate of drug-likeness (QED) is 0.0596. The van der Waals surface area contributed by atoms with E-state index in [0.717, 1.165) is 17.3 Å². The summed E-state index contributed by atoms with van der Waals surface area (Å²) >= 11 is 2.27. The highest BCUT2D eigenvalue weighted by atomic mass is 127. The molecular weight excluding hydrogens is 587 g/mol. The Morgan fingerprint density at radius 1 is 0.472 bits per heavy atom. The number of aldehydes is 1. The third-order valence-corrected chi connectivity index (χ3v) is 4.78. The van der Waals surface area contributed by atoms with Crippen molar-refractivity contribution in [2.45, 2.75) is 0 Å². The summed E-state index contributed by atoms with van der Waals surface area (Å²) in [5, 5.41) is 0. The second kappa shape index (κ2) is 27.1. The summed E-state index contributed by atoms with van der Waals surface area (Å²) in [4.78, 5) is 10.6. The van der Waals surface area contributed by atoms with Crippen molar-refractivity contribution in [1.82, 2.24) is 0 Å². The van der Waals surface area contributed by atoms with Crippen LogP contribution in [0.1, 0.15) is 10.4 Å². The predicted octanol–water partition coefficient (Wildman–Crippen LogP) is 2.45. The van der Waals surface area contributed by atoms with Gasteiger partial charge in [0.1, 0.15) is 18.6 Å². The fraction of sp³-hybridized carbons (Fsp3) is 0.720. The standard InChI is InChI=1S/C25H41IO10/c26-5-6-28-7-8-29-9-10-30-11-12-31-13-14-32-15-16-33-17-18-34-19-20-35-21-22-36-25-3-1-24(23-27)2-4-25/h1-4,23H,5-22H2. The summed E-state index contributed by atoms with van der Waals surface area (Å²) in [6.07, 6.45) is 0.800. The van der Waals surface area contributed by atoms with E-state index >= 15 is 0 Å². The molecule has 0 unspecified atom stereocenters. The molecule has 1 rings (SSSR count). The van der Waals surface area contributed by atoms with Gasteiger partial charge in [-0.3, -0.25) is 4.79 Å². The molecule has 0 spiro atoms. The Labute approximate surface area is 228 Å². The van der Waals surface area contributed by atoms with Gasteiger partial charge in [0, 0.05) is 9.99 Å². The highest BCUT2D eigenvalue weighted by Crippen LogP contribution is 2.10. The molecular formula is C25H41IO10. The second-order valence-corrected chi connectivity index (χ2v) is 8.20. The number of hydrogen-bond acceptors (Lipinski definition) is 10. The average molecular weight is 628 g/mol. The Hall–Kier alpha value is -0.900. The average Bonchev–Trinajstić information content (AvgIpc) is 2.91. The number of carbonyl (C=O) groups excluding carboxylic acids is 1. The number of carbonyl (C=O) groups is 1. The van der Waals surface area contributed by atoms with Gasteiger partial charge in [-0.1, -0.05) is 22.6 Å². The molecule has 10 nitrogen and oxygen atoms in total. The van der Waals surface area contributed by atoms with Gasteiger partial charge in [-0.15, -0.1) is 0 Å². The lowest BCUT2D eigenvalue weighted by molar-refractivity contribution is -0.0233. The largest absolute Gasteiger partial charge is 0.491 e. The molecule has 0 radical (unpaired) electrons. The van der Waals surface area contributed by atoms with Crippen molar-refractivity contribution in [2.24, 2.45) is 0 Å². The Bertz CT molecular complexity index is 591. The SMILES string of the molecule is O=Cc1ccc(OCCOCCOCCOCCOCCOCCOCCOCCOCCI)cc1. The molecule has 1 aromatic rings. The van der Waals surface area contributed by atoms with Crippen LogP contribution in [0, 0.1) is 0 Å². The highest BCUT2D eigenvalue weighted by Gasteiger charge is 1.97. The third kappa shape index (κ3) is 22.3. The van der Waals surface area contributed by atoms with Crippen LogP contribution in [0.4, 0.5) is 0 Å². The number of halogens is 1. The molecule has 0 aliphatic rings. The molecule has 11 heteroatoms. The van der Waals surface area contributed by atoms with Gasteiger partial charge in [0.25, 0.3) is 0 Å². The van der Waals surface area contributed by atoms with E-state index in [4.69, 9.17) is 42.6 Å². The van der Waals surface area contributed by atoms with Gasteiger partial charge >= 0.3 is 0 Å². The van der Waals surface area contributed by atoms with Crippen LogP contribution < -0.4 is 4.74 Å². The molecule has 0 aliphatic heterocycles. The normalized spacial score (nSPS) is 11.1. The molecule has 1 aromatic carbocycles. The smallest absolute Gasteiger partial charge is 0.150 e. The summed E-state index contributed by atoms with van der Waals surface area (Å²) in [5.74, 6) is 0.709. The van der Waals surface area contributed by atoms with E-state index in [-0.39, 0.29) is 0 Å². The molecule has 0 saturated carbocycles. The Morgan fingerprint density at radius 3 is 1.08 bits per heavy atom. The minimum Gasteiger partial charge on any atom is -0.491 e. The van der Waals surface area contributed by atoms with Crippen molar-refractivity contribution in [2.75, 3.05) is 117 Å². The monoisotopic (exact) mass is 628 g/mol. The van der Waals surface area contributed by atoms with E-state index < -0.39 is 0 Å². The van der Waals surface area contributed by atoms with Crippen molar-refractivity contribution in [1.29, 1.82) is 0 Å². The predicted molar refractivity (Wildman–Crippen MR) is 143 cm³/mol.